The van der Waals surface area contributed by atoms with Gasteiger partial charge in [-0.3, -0.25) is 0 Å². The Morgan fingerprint density at radius 1 is 0.944 bits per heavy atom. The van der Waals surface area contributed by atoms with Crippen LogP contribution >= 0.6 is 23.2 Å². The summed E-state index contributed by atoms with van der Waals surface area (Å²) < 4.78 is 0. The number of nitrogens with one attached hydrogen (secondary N) is 1. The molecule has 0 fully saturated rings. The molecule has 0 aliphatic carbocycles. The molecule has 94 valence electrons. The summed E-state index contributed by atoms with van der Waals surface area (Å²) in [6, 6.07) is 12.5. The minimum absolute atomic E-state index is 0.275. The van der Waals surface area contributed by atoms with Gasteiger partial charge in [-0.1, -0.05) is 35.3 Å². The zero-order valence-corrected chi connectivity index (χ0v) is 11.2. The molecular weight excluding hydrogens is 269 g/mol. The van der Waals surface area contributed by atoms with E-state index in [4.69, 9.17) is 23.2 Å². The molecule has 0 spiro atoms. The second kappa shape index (κ2) is 6.10. The summed E-state index contributed by atoms with van der Waals surface area (Å²) in [4.78, 5) is 0. The van der Waals surface area contributed by atoms with Gasteiger partial charge >= 0.3 is 0 Å². The van der Waals surface area contributed by atoms with Crippen LogP contribution in [0.25, 0.3) is 0 Å². The highest BCUT2D eigenvalue weighted by atomic mass is 35.5. The van der Waals surface area contributed by atoms with E-state index in [9.17, 15) is 5.11 Å². The van der Waals surface area contributed by atoms with Gasteiger partial charge in [0, 0.05) is 23.1 Å². The third-order valence-corrected chi connectivity index (χ3v) is 3.19. The lowest BCUT2D eigenvalue weighted by molar-refractivity contribution is 0.475. The molecule has 0 unspecified atom stereocenters. The molecule has 0 atom stereocenters. The number of hydrogen-bond donors (Lipinski definition) is 2. The van der Waals surface area contributed by atoms with Crippen molar-refractivity contribution >= 4 is 23.2 Å². The van der Waals surface area contributed by atoms with Crippen LogP contribution in [0.4, 0.5) is 0 Å². The average Bonchev–Trinajstić information content (AvgIpc) is 2.36. The predicted octanol–water partition coefficient (Wildman–Crippen LogP) is 3.99. The number of aromatic hydroxyl groups is 1. The van der Waals surface area contributed by atoms with Gasteiger partial charge in [-0.05, 0) is 41.5 Å². The van der Waals surface area contributed by atoms with E-state index in [-0.39, 0.29) is 5.75 Å². The van der Waals surface area contributed by atoms with Crippen molar-refractivity contribution < 1.29 is 5.11 Å². The van der Waals surface area contributed by atoms with Gasteiger partial charge in [0.15, 0.2) is 0 Å². The van der Waals surface area contributed by atoms with Gasteiger partial charge in [-0.25, -0.2) is 0 Å². The zero-order valence-electron chi connectivity index (χ0n) is 9.66. The van der Waals surface area contributed by atoms with Crippen molar-refractivity contribution in [1.82, 2.24) is 5.32 Å². The molecule has 0 saturated carbocycles. The maximum absolute atomic E-state index is 9.17. The fraction of sp³-hybridized carbons (Fsp3) is 0.143. The standard InChI is InChI=1S/C14H13Cl2NO/c15-12-3-6-14(16)11(7-12)9-17-8-10-1-4-13(18)5-2-10/h1-7,17-18H,8-9H2. The van der Waals surface area contributed by atoms with Crippen molar-refractivity contribution in [3.05, 3.63) is 63.6 Å². The molecule has 4 heteroatoms. The molecule has 2 aromatic carbocycles. The first-order valence-corrected chi connectivity index (χ1v) is 6.33. The SMILES string of the molecule is Oc1ccc(CNCc2cc(Cl)ccc2Cl)cc1. The third-order valence-electron chi connectivity index (χ3n) is 2.59. The van der Waals surface area contributed by atoms with Gasteiger partial charge in [-0.2, -0.15) is 0 Å². The highest BCUT2D eigenvalue weighted by Gasteiger charge is 2.01. The van der Waals surface area contributed by atoms with Crippen molar-refractivity contribution in [2.75, 3.05) is 0 Å². The maximum atomic E-state index is 9.17. The van der Waals surface area contributed by atoms with Gasteiger partial charge < -0.3 is 10.4 Å². The largest absolute Gasteiger partial charge is 0.508 e. The van der Waals surface area contributed by atoms with Crippen LogP contribution in [0.2, 0.25) is 10.0 Å². The van der Waals surface area contributed by atoms with Crippen molar-refractivity contribution in [2.45, 2.75) is 13.1 Å². The fourth-order valence-corrected chi connectivity index (χ4v) is 2.01. The van der Waals surface area contributed by atoms with Crippen LogP contribution in [0.5, 0.6) is 5.75 Å². The van der Waals surface area contributed by atoms with E-state index in [2.05, 4.69) is 5.32 Å². The number of benzene rings is 2. The molecule has 2 N–H and O–H groups in total. The van der Waals surface area contributed by atoms with Crippen LogP contribution in [0.15, 0.2) is 42.5 Å². The summed E-state index contributed by atoms with van der Waals surface area (Å²) in [6.45, 7) is 1.36. The van der Waals surface area contributed by atoms with Crippen molar-refractivity contribution in [2.24, 2.45) is 0 Å². The first kappa shape index (κ1) is 13.2. The van der Waals surface area contributed by atoms with Crippen molar-refractivity contribution in [1.29, 1.82) is 0 Å². The molecule has 0 heterocycles. The summed E-state index contributed by atoms with van der Waals surface area (Å²) in [6.07, 6.45) is 0. The normalized spacial score (nSPS) is 10.6. The highest BCUT2D eigenvalue weighted by molar-refractivity contribution is 6.33. The molecule has 0 aliphatic rings. The van der Waals surface area contributed by atoms with Crippen LogP contribution in [0.1, 0.15) is 11.1 Å². The van der Waals surface area contributed by atoms with Crippen LogP contribution in [-0.2, 0) is 13.1 Å². The van der Waals surface area contributed by atoms with Gasteiger partial charge in [0.05, 0.1) is 0 Å². The number of phenolic OH excluding ortho intramolecular Hbond substituents is 1. The van der Waals surface area contributed by atoms with Crippen LogP contribution in [0.3, 0.4) is 0 Å². The minimum atomic E-state index is 0.275. The van der Waals surface area contributed by atoms with Gasteiger partial charge in [0.2, 0.25) is 0 Å². The Hall–Kier alpha value is -1.22. The first-order valence-electron chi connectivity index (χ1n) is 5.58. The van der Waals surface area contributed by atoms with E-state index < -0.39 is 0 Å². The quantitative estimate of drug-likeness (QED) is 0.888. The van der Waals surface area contributed by atoms with E-state index in [0.29, 0.717) is 23.1 Å². The zero-order chi connectivity index (χ0) is 13.0. The lowest BCUT2D eigenvalue weighted by Crippen LogP contribution is -2.12. The molecule has 0 radical (unpaired) electrons. The Morgan fingerprint density at radius 2 is 1.67 bits per heavy atom. The number of hydrogen-bond acceptors (Lipinski definition) is 2. The third kappa shape index (κ3) is 3.64. The smallest absolute Gasteiger partial charge is 0.115 e. The summed E-state index contributed by atoms with van der Waals surface area (Å²) in [5, 5.41) is 13.8. The van der Waals surface area contributed by atoms with Crippen LogP contribution < -0.4 is 5.32 Å². The van der Waals surface area contributed by atoms with Gasteiger partial charge in [0.1, 0.15) is 5.75 Å². The van der Waals surface area contributed by atoms with Gasteiger partial charge in [0.25, 0.3) is 0 Å². The molecule has 0 saturated heterocycles. The molecule has 18 heavy (non-hydrogen) atoms. The monoisotopic (exact) mass is 281 g/mol. The van der Waals surface area contributed by atoms with Gasteiger partial charge in [-0.15, -0.1) is 0 Å². The highest BCUT2D eigenvalue weighted by Crippen LogP contribution is 2.20. The van der Waals surface area contributed by atoms with E-state index >= 15 is 0 Å². The molecule has 2 nitrogen and oxygen atoms in total. The summed E-state index contributed by atoms with van der Waals surface area (Å²) in [7, 11) is 0. The van der Waals surface area contributed by atoms with E-state index in [1.807, 2.05) is 18.2 Å². The summed E-state index contributed by atoms with van der Waals surface area (Å²) >= 11 is 12.0. The lowest BCUT2D eigenvalue weighted by Gasteiger charge is -2.07. The second-order valence-corrected chi connectivity index (χ2v) is 4.85. The Kier molecular flexibility index (Phi) is 4.48. The lowest BCUT2D eigenvalue weighted by atomic mass is 10.2. The second-order valence-electron chi connectivity index (χ2n) is 4.01. The van der Waals surface area contributed by atoms with E-state index in [0.717, 1.165) is 11.1 Å². The molecule has 0 bridgehead atoms. The van der Waals surface area contributed by atoms with Crippen LogP contribution in [0, 0.1) is 0 Å². The topological polar surface area (TPSA) is 32.3 Å². The Labute approximate surface area is 116 Å². The number of halogens is 2. The summed E-state index contributed by atoms with van der Waals surface area (Å²) in [5.41, 5.74) is 2.08. The average molecular weight is 282 g/mol. The van der Waals surface area contributed by atoms with Crippen LogP contribution in [-0.4, -0.2) is 5.11 Å². The first-order chi connectivity index (χ1) is 8.65. The molecule has 2 rings (SSSR count). The van der Waals surface area contributed by atoms with Crippen molar-refractivity contribution in [3.63, 3.8) is 0 Å². The minimum Gasteiger partial charge on any atom is -0.508 e. The number of rotatable bonds is 4. The summed E-state index contributed by atoms with van der Waals surface area (Å²) in [5.74, 6) is 0.275. The predicted molar refractivity (Wildman–Crippen MR) is 75.1 cm³/mol. The molecular formula is C14H13Cl2NO. The molecule has 2 aromatic rings. The maximum Gasteiger partial charge on any atom is 0.115 e. The van der Waals surface area contributed by atoms with E-state index in [1.54, 1.807) is 24.3 Å². The van der Waals surface area contributed by atoms with Crippen molar-refractivity contribution in [3.8, 4) is 5.75 Å². The fourth-order valence-electron chi connectivity index (χ4n) is 1.63. The molecule has 0 amide bonds. The molecule has 0 aromatic heterocycles. The number of phenols is 1. The Morgan fingerprint density at radius 3 is 2.39 bits per heavy atom. The van der Waals surface area contributed by atoms with E-state index in [1.165, 1.54) is 0 Å². The molecule has 0 aliphatic heterocycles. The Bertz CT molecular complexity index is 526. The Balaban J connectivity index is 1.92.